The molecular formula is C32H39N9O7. The summed E-state index contributed by atoms with van der Waals surface area (Å²) in [5, 5.41) is 29.7. The van der Waals surface area contributed by atoms with E-state index in [-0.39, 0.29) is 42.7 Å². The molecule has 1 aromatic carbocycles. The lowest BCUT2D eigenvalue weighted by atomic mass is 10.0. The molecule has 6 rings (SSSR count). The fourth-order valence-electron chi connectivity index (χ4n) is 6.23. The van der Waals surface area contributed by atoms with Gasteiger partial charge in [0.25, 0.3) is 0 Å². The van der Waals surface area contributed by atoms with E-state index in [0.717, 1.165) is 19.3 Å². The number of hydrogen-bond acceptors (Lipinski definition) is 11. The number of aliphatic carboxylic acids is 1. The van der Waals surface area contributed by atoms with Crippen LogP contribution in [0, 0.1) is 5.92 Å². The zero-order valence-electron chi connectivity index (χ0n) is 27.0. The van der Waals surface area contributed by atoms with E-state index in [1.165, 1.54) is 4.90 Å². The molecule has 4 N–H and O–H groups in total. The average Bonchev–Trinajstić information content (AvgIpc) is 3.34. The Morgan fingerprint density at radius 3 is 2.58 bits per heavy atom. The van der Waals surface area contributed by atoms with E-state index in [9.17, 15) is 24.3 Å². The first-order valence-electron chi connectivity index (χ1n) is 16.1. The van der Waals surface area contributed by atoms with Gasteiger partial charge in [0, 0.05) is 12.3 Å². The van der Waals surface area contributed by atoms with Gasteiger partial charge in [0.15, 0.2) is 5.69 Å². The predicted molar refractivity (Wildman–Crippen MR) is 169 cm³/mol. The first-order chi connectivity index (χ1) is 22.9. The van der Waals surface area contributed by atoms with Crippen LogP contribution in [0.1, 0.15) is 65.7 Å². The highest BCUT2D eigenvalue weighted by molar-refractivity contribution is 5.96. The maximum Gasteiger partial charge on any atom is 0.408 e. The van der Waals surface area contributed by atoms with Crippen molar-refractivity contribution in [1.29, 1.82) is 0 Å². The number of amides is 3. The smallest absolute Gasteiger partial charge is 0.408 e. The van der Waals surface area contributed by atoms with Crippen LogP contribution in [-0.4, -0.2) is 100 Å². The number of carboxylic acid groups (broad SMARTS) is 1. The van der Waals surface area contributed by atoms with Crippen LogP contribution in [0.15, 0.2) is 36.4 Å². The number of hydrogen-bond donors (Lipinski definition) is 4. The summed E-state index contributed by atoms with van der Waals surface area (Å²) in [5.41, 5.74) is -0.937. The zero-order chi connectivity index (χ0) is 34.1. The Labute approximate surface area is 276 Å². The van der Waals surface area contributed by atoms with Crippen molar-refractivity contribution in [2.75, 3.05) is 6.54 Å². The normalized spacial score (nSPS) is 27.1. The number of H-pyrrole nitrogens is 1. The molecule has 5 atom stereocenters. The van der Waals surface area contributed by atoms with Crippen molar-refractivity contribution in [2.24, 2.45) is 5.92 Å². The number of nitrogens with zero attached hydrogens (tertiary/aromatic N) is 6. The Kier molecular flexibility index (Phi) is 8.99. The molecule has 0 spiro atoms. The molecule has 48 heavy (non-hydrogen) atoms. The number of fused-ring (bicyclic) bond motifs is 3. The maximum atomic E-state index is 14.3. The lowest BCUT2D eigenvalue weighted by Gasteiger charge is -2.30. The van der Waals surface area contributed by atoms with Crippen molar-refractivity contribution in [3.8, 4) is 17.4 Å². The number of carbonyl (C=O) groups excluding carboxylic acids is 3. The lowest BCUT2D eigenvalue weighted by Crippen LogP contribution is -2.56. The number of carbonyl (C=O) groups is 4. The van der Waals surface area contributed by atoms with Crippen LogP contribution >= 0.6 is 0 Å². The highest BCUT2D eigenvalue weighted by Gasteiger charge is 2.61. The van der Waals surface area contributed by atoms with Gasteiger partial charge in [-0.2, -0.15) is 5.21 Å². The molecule has 0 bridgehead atoms. The second-order valence-corrected chi connectivity index (χ2v) is 13.4. The number of nitrogens with one attached hydrogen (secondary N) is 3. The largest absolute Gasteiger partial charge is 0.479 e. The van der Waals surface area contributed by atoms with Crippen LogP contribution in [0.5, 0.6) is 5.88 Å². The van der Waals surface area contributed by atoms with Crippen LogP contribution in [0.4, 0.5) is 4.79 Å². The van der Waals surface area contributed by atoms with Gasteiger partial charge in [-0.3, -0.25) is 9.59 Å². The Balaban J connectivity index is 1.32. The summed E-state index contributed by atoms with van der Waals surface area (Å²) in [6, 6.07) is 5.08. The Hall–Kier alpha value is -5.15. The second kappa shape index (κ2) is 13.2. The number of carboxylic acids is 1. The average molecular weight is 662 g/mol. The minimum atomic E-state index is -1.47. The van der Waals surface area contributed by atoms with E-state index in [1.807, 2.05) is 18.2 Å². The molecule has 1 saturated carbocycles. The standard InChI is InChI=1S/C32H39N9O7/c1-31(2,3)48-30(46)35-22-14-8-6-4-5-7-11-18-16-32(18,29(44)45)36-26(42)23-15-19(17-41(23)28(22)43)47-27-24(25-37-39-40-38-25)33-20-12-9-10-13-21(20)34-27/h7,9-13,18-19,22-23H,4-6,8,14-17H2,1-3H3,(H,35,46)(H,36,42)(H,44,45)(H,37,38,39,40)/b11-7-/t18?,19-,22-,23?,32?/m1/s1. The number of alkyl carbamates (subject to hydrolysis) is 1. The fourth-order valence-corrected chi connectivity index (χ4v) is 6.23. The molecule has 254 valence electrons. The molecule has 3 aromatic rings. The molecule has 0 radical (unpaired) electrons. The zero-order valence-corrected chi connectivity index (χ0v) is 27.0. The lowest BCUT2D eigenvalue weighted by molar-refractivity contribution is -0.145. The van der Waals surface area contributed by atoms with Gasteiger partial charge in [0.05, 0.1) is 17.6 Å². The highest BCUT2D eigenvalue weighted by Crippen LogP contribution is 2.45. The second-order valence-electron chi connectivity index (χ2n) is 13.4. The van der Waals surface area contributed by atoms with Gasteiger partial charge in [-0.05, 0) is 63.8 Å². The number of aromatic amines is 1. The van der Waals surface area contributed by atoms with Gasteiger partial charge in [-0.1, -0.05) is 37.1 Å². The van der Waals surface area contributed by atoms with Gasteiger partial charge >= 0.3 is 12.1 Å². The quantitative estimate of drug-likeness (QED) is 0.290. The number of ether oxygens (including phenoxy) is 2. The maximum absolute atomic E-state index is 14.3. The molecule has 4 heterocycles. The number of aromatic nitrogens is 6. The number of rotatable bonds is 5. The molecule has 2 aromatic heterocycles. The van der Waals surface area contributed by atoms with Crippen LogP contribution < -0.4 is 15.4 Å². The Morgan fingerprint density at radius 2 is 1.88 bits per heavy atom. The molecule has 3 unspecified atom stereocenters. The molecule has 1 saturated heterocycles. The summed E-state index contributed by atoms with van der Waals surface area (Å²) >= 11 is 0. The third kappa shape index (κ3) is 7.06. The SMILES string of the molecule is CC(C)(C)OC(=O)N[C@@H]1CCCCC/C=C\C2CC2(C(=O)O)NC(=O)C2C[C@@H](Oc3nc4ccccc4nc3-c3nn[nH]n3)CN2C1=O. The molecular weight excluding hydrogens is 622 g/mol. The topological polar surface area (TPSA) is 215 Å². The van der Waals surface area contributed by atoms with Gasteiger partial charge < -0.3 is 30.1 Å². The predicted octanol–water partition coefficient (Wildman–Crippen LogP) is 2.53. The molecule has 1 aliphatic carbocycles. The van der Waals surface area contributed by atoms with Gasteiger partial charge in [0.1, 0.15) is 29.3 Å². The number of allylic oxidation sites excluding steroid dienone is 1. The molecule has 3 amide bonds. The minimum absolute atomic E-state index is 0.0210. The van der Waals surface area contributed by atoms with E-state index in [1.54, 1.807) is 39.0 Å². The molecule has 16 nitrogen and oxygen atoms in total. The third-order valence-corrected chi connectivity index (χ3v) is 8.69. The summed E-state index contributed by atoms with van der Waals surface area (Å²) < 4.78 is 11.8. The highest BCUT2D eigenvalue weighted by atomic mass is 16.6. The van der Waals surface area contributed by atoms with Crippen LogP contribution in [0.3, 0.4) is 0 Å². The summed E-state index contributed by atoms with van der Waals surface area (Å²) in [6.45, 7) is 5.13. The van der Waals surface area contributed by atoms with Gasteiger partial charge in [-0.15, -0.1) is 10.2 Å². The summed E-state index contributed by atoms with van der Waals surface area (Å²) in [4.78, 5) is 64.1. The number of benzene rings is 1. The Bertz CT molecular complexity index is 1720. The van der Waals surface area contributed by atoms with Crippen LogP contribution in [-0.2, 0) is 19.1 Å². The number of para-hydroxylation sites is 2. The summed E-state index contributed by atoms with van der Waals surface area (Å²) in [5.74, 6) is -2.41. The van der Waals surface area contributed by atoms with Crippen molar-refractivity contribution in [3.05, 3.63) is 36.4 Å². The van der Waals surface area contributed by atoms with Crippen molar-refractivity contribution >= 4 is 34.9 Å². The van der Waals surface area contributed by atoms with E-state index in [0.29, 0.717) is 23.9 Å². The van der Waals surface area contributed by atoms with E-state index in [4.69, 9.17) is 9.47 Å². The van der Waals surface area contributed by atoms with E-state index < -0.39 is 53.2 Å². The third-order valence-electron chi connectivity index (χ3n) is 8.69. The summed E-state index contributed by atoms with van der Waals surface area (Å²) in [6.07, 6.45) is 5.83. The van der Waals surface area contributed by atoms with Gasteiger partial charge in [-0.25, -0.2) is 19.6 Å². The monoisotopic (exact) mass is 661 g/mol. The molecule has 3 aliphatic rings. The molecule has 16 heteroatoms. The molecule has 2 fully saturated rings. The van der Waals surface area contributed by atoms with E-state index in [2.05, 4.69) is 41.2 Å². The number of tetrazole rings is 1. The first kappa shape index (κ1) is 32.8. The minimum Gasteiger partial charge on any atom is -0.479 e. The van der Waals surface area contributed by atoms with Gasteiger partial charge in [0.2, 0.25) is 23.5 Å². The van der Waals surface area contributed by atoms with Crippen LogP contribution in [0.2, 0.25) is 0 Å². The van der Waals surface area contributed by atoms with Crippen molar-refractivity contribution in [1.82, 2.24) is 46.1 Å². The van der Waals surface area contributed by atoms with Crippen LogP contribution in [0.25, 0.3) is 22.6 Å². The van der Waals surface area contributed by atoms with Crippen molar-refractivity contribution in [2.45, 2.75) is 95.0 Å². The fraction of sp³-hybridized carbons (Fsp3) is 0.531. The van der Waals surface area contributed by atoms with Crippen molar-refractivity contribution < 1.29 is 33.8 Å². The molecule has 2 aliphatic heterocycles. The van der Waals surface area contributed by atoms with E-state index >= 15 is 0 Å². The van der Waals surface area contributed by atoms with Crippen molar-refractivity contribution in [3.63, 3.8) is 0 Å². The first-order valence-corrected chi connectivity index (χ1v) is 16.1. The summed E-state index contributed by atoms with van der Waals surface area (Å²) in [7, 11) is 0. The Morgan fingerprint density at radius 1 is 1.10 bits per heavy atom.